The van der Waals surface area contributed by atoms with Gasteiger partial charge in [-0.3, -0.25) is 0 Å². The van der Waals surface area contributed by atoms with Crippen LogP contribution in [0, 0.1) is 0 Å². The molecule has 0 aromatic carbocycles. The number of nitrogens with two attached hydrogens (primary N) is 1. The number of rotatable bonds is 7. The van der Waals surface area contributed by atoms with Gasteiger partial charge in [0.1, 0.15) is 18.0 Å². The molecule has 0 aliphatic rings. The fourth-order valence-corrected chi connectivity index (χ4v) is 1.87. The normalized spacial score (nSPS) is 11.3. The van der Waals surface area contributed by atoms with Crippen molar-refractivity contribution >= 4 is 21.7 Å². The quantitative estimate of drug-likeness (QED) is 0.726. The molecule has 1 aromatic rings. The van der Waals surface area contributed by atoms with Gasteiger partial charge in [0.15, 0.2) is 0 Å². The van der Waals surface area contributed by atoms with E-state index in [9.17, 15) is 8.42 Å². The summed E-state index contributed by atoms with van der Waals surface area (Å²) < 4.78 is 21.6. The number of hydrogen-bond donors (Lipinski definition) is 2. The fourth-order valence-electron chi connectivity index (χ4n) is 1.49. The molecule has 8 heteroatoms. The van der Waals surface area contributed by atoms with Crippen molar-refractivity contribution in [3.8, 4) is 0 Å². The molecule has 1 rings (SSSR count). The number of sulfonamides is 1. The summed E-state index contributed by atoms with van der Waals surface area (Å²) in [5, 5.41) is 7.82. The minimum absolute atomic E-state index is 0.127. The fraction of sp³-hybridized carbons (Fsp3) is 0.600. The Balaban J connectivity index is 2.65. The molecule has 0 unspecified atom stereocenters. The van der Waals surface area contributed by atoms with E-state index < -0.39 is 10.0 Å². The van der Waals surface area contributed by atoms with Gasteiger partial charge in [0, 0.05) is 25.7 Å². The van der Waals surface area contributed by atoms with Crippen LogP contribution in [-0.2, 0) is 10.0 Å². The van der Waals surface area contributed by atoms with E-state index in [1.807, 2.05) is 13.8 Å². The van der Waals surface area contributed by atoms with Gasteiger partial charge in [0.05, 0.1) is 5.75 Å². The predicted molar refractivity (Wildman–Crippen MR) is 72.1 cm³/mol. The van der Waals surface area contributed by atoms with E-state index in [-0.39, 0.29) is 12.3 Å². The highest BCUT2D eigenvalue weighted by molar-refractivity contribution is 7.89. The number of nitrogens with one attached hydrogen (secondary N) is 1. The molecule has 0 atom stereocenters. The largest absolute Gasteiger partial charge is 0.369 e. The lowest BCUT2D eigenvalue weighted by molar-refractivity contribution is 0.598. The third-order valence-electron chi connectivity index (χ3n) is 2.43. The number of nitrogens with zero attached hydrogens (tertiary/aromatic N) is 3. The highest BCUT2D eigenvalue weighted by atomic mass is 32.2. The Morgan fingerprint density at radius 3 is 2.56 bits per heavy atom. The molecule has 1 aromatic heterocycles. The zero-order valence-corrected chi connectivity index (χ0v) is 11.4. The van der Waals surface area contributed by atoms with Crippen LogP contribution in [0.3, 0.4) is 0 Å². The van der Waals surface area contributed by atoms with Crippen molar-refractivity contribution in [1.82, 2.24) is 9.97 Å². The Hall–Kier alpha value is -1.41. The summed E-state index contributed by atoms with van der Waals surface area (Å²) in [5.41, 5.74) is 0. The van der Waals surface area contributed by atoms with Gasteiger partial charge in [-0.05, 0) is 13.8 Å². The van der Waals surface area contributed by atoms with Crippen molar-refractivity contribution in [2.45, 2.75) is 13.8 Å². The van der Waals surface area contributed by atoms with Gasteiger partial charge in [0.2, 0.25) is 10.0 Å². The first-order chi connectivity index (χ1) is 8.46. The third-order valence-corrected chi connectivity index (χ3v) is 3.21. The zero-order chi connectivity index (χ0) is 13.6. The second kappa shape index (κ2) is 6.50. The number of aromatic nitrogens is 2. The van der Waals surface area contributed by atoms with Crippen molar-refractivity contribution in [3.63, 3.8) is 0 Å². The van der Waals surface area contributed by atoms with Crippen molar-refractivity contribution in [1.29, 1.82) is 0 Å². The maximum atomic E-state index is 10.8. The average molecular weight is 273 g/mol. The van der Waals surface area contributed by atoms with E-state index >= 15 is 0 Å². The second-order valence-corrected chi connectivity index (χ2v) is 5.46. The third kappa shape index (κ3) is 4.84. The summed E-state index contributed by atoms with van der Waals surface area (Å²) in [7, 11) is -3.45. The van der Waals surface area contributed by atoms with Crippen molar-refractivity contribution in [3.05, 3.63) is 12.4 Å². The van der Waals surface area contributed by atoms with Gasteiger partial charge in [-0.25, -0.2) is 23.5 Å². The molecule has 0 saturated carbocycles. The molecule has 0 aliphatic carbocycles. The highest BCUT2D eigenvalue weighted by Crippen LogP contribution is 2.13. The zero-order valence-electron chi connectivity index (χ0n) is 10.6. The first-order valence-electron chi connectivity index (χ1n) is 5.77. The molecule has 7 nitrogen and oxygen atoms in total. The van der Waals surface area contributed by atoms with E-state index in [1.165, 1.54) is 6.33 Å². The molecule has 3 N–H and O–H groups in total. The van der Waals surface area contributed by atoms with E-state index in [0.717, 1.165) is 18.9 Å². The Bertz CT molecular complexity index is 473. The molecule has 102 valence electrons. The summed E-state index contributed by atoms with van der Waals surface area (Å²) in [6.45, 7) is 6.02. The van der Waals surface area contributed by atoms with Crippen molar-refractivity contribution < 1.29 is 8.42 Å². The van der Waals surface area contributed by atoms with Crippen LogP contribution in [0.5, 0.6) is 0 Å². The van der Waals surface area contributed by atoms with Crippen molar-refractivity contribution in [2.75, 3.05) is 35.6 Å². The molecule has 0 fully saturated rings. The lowest BCUT2D eigenvalue weighted by atomic mass is 10.4. The molecule has 1 heterocycles. The molecular weight excluding hydrogens is 254 g/mol. The summed E-state index contributed by atoms with van der Waals surface area (Å²) in [4.78, 5) is 10.3. The molecular formula is C10H19N5O2S. The van der Waals surface area contributed by atoms with Gasteiger partial charge in [-0.1, -0.05) is 0 Å². The lowest BCUT2D eigenvalue weighted by Gasteiger charge is -2.19. The SMILES string of the molecule is CCN(CC)c1cc(NCCS(N)(=O)=O)ncn1. The first-order valence-corrected chi connectivity index (χ1v) is 7.49. The van der Waals surface area contributed by atoms with Gasteiger partial charge < -0.3 is 10.2 Å². The highest BCUT2D eigenvalue weighted by Gasteiger charge is 2.06. The molecule has 0 spiro atoms. The maximum Gasteiger partial charge on any atom is 0.210 e. The maximum absolute atomic E-state index is 10.8. The average Bonchev–Trinajstić information content (AvgIpc) is 2.29. The molecule has 0 radical (unpaired) electrons. The Morgan fingerprint density at radius 2 is 2.00 bits per heavy atom. The smallest absolute Gasteiger partial charge is 0.210 e. The summed E-state index contributed by atoms with van der Waals surface area (Å²) in [6, 6.07) is 1.79. The standard InChI is InChI=1S/C10H19N5O2S/c1-3-15(4-2)10-7-9(13-8-14-10)12-5-6-18(11,16)17/h7-8H,3-6H2,1-2H3,(H2,11,16,17)(H,12,13,14). The van der Waals surface area contributed by atoms with E-state index in [1.54, 1.807) is 6.07 Å². The summed E-state index contributed by atoms with van der Waals surface area (Å²) >= 11 is 0. The Morgan fingerprint density at radius 1 is 1.33 bits per heavy atom. The Labute approximate surface area is 107 Å². The van der Waals surface area contributed by atoms with E-state index in [0.29, 0.717) is 5.82 Å². The van der Waals surface area contributed by atoms with Crippen LogP contribution in [0.15, 0.2) is 12.4 Å². The monoisotopic (exact) mass is 273 g/mol. The number of anilines is 2. The van der Waals surface area contributed by atoms with Gasteiger partial charge in [-0.15, -0.1) is 0 Å². The summed E-state index contributed by atoms with van der Waals surface area (Å²) in [6.07, 6.45) is 1.45. The van der Waals surface area contributed by atoms with Gasteiger partial charge in [0.25, 0.3) is 0 Å². The van der Waals surface area contributed by atoms with E-state index in [4.69, 9.17) is 5.14 Å². The van der Waals surface area contributed by atoms with Crippen molar-refractivity contribution in [2.24, 2.45) is 5.14 Å². The van der Waals surface area contributed by atoms with Crippen LogP contribution >= 0.6 is 0 Å². The van der Waals surface area contributed by atoms with Gasteiger partial charge >= 0.3 is 0 Å². The number of hydrogen-bond acceptors (Lipinski definition) is 6. The summed E-state index contributed by atoms with van der Waals surface area (Å²) in [5.74, 6) is 1.28. The van der Waals surface area contributed by atoms with E-state index in [2.05, 4.69) is 20.2 Å². The Kier molecular flexibility index (Phi) is 5.29. The molecule has 0 aliphatic heterocycles. The molecule has 0 bridgehead atoms. The van der Waals surface area contributed by atoms with Crippen LogP contribution in [0.25, 0.3) is 0 Å². The minimum atomic E-state index is -3.45. The molecule has 0 amide bonds. The topological polar surface area (TPSA) is 101 Å². The van der Waals surface area contributed by atoms with Crippen LogP contribution in [0.2, 0.25) is 0 Å². The molecule has 0 saturated heterocycles. The second-order valence-electron chi connectivity index (χ2n) is 3.73. The van der Waals surface area contributed by atoms with Crippen LogP contribution in [0.1, 0.15) is 13.8 Å². The lowest BCUT2D eigenvalue weighted by Crippen LogP contribution is -2.24. The molecule has 18 heavy (non-hydrogen) atoms. The van der Waals surface area contributed by atoms with Crippen LogP contribution in [0.4, 0.5) is 11.6 Å². The number of primary sulfonamides is 1. The van der Waals surface area contributed by atoms with Crippen LogP contribution < -0.4 is 15.4 Å². The predicted octanol–water partition coefficient (Wildman–Crippen LogP) is 0.0232. The van der Waals surface area contributed by atoms with Crippen LogP contribution in [-0.4, -0.2) is 43.8 Å². The minimum Gasteiger partial charge on any atom is -0.369 e. The van der Waals surface area contributed by atoms with Gasteiger partial charge in [-0.2, -0.15) is 0 Å². The first kappa shape index (κ1) is 14.7.